The van der Waals surface area contributed by atoms with Crippen molar-refractivity contribution in [1.82, 2.24) is 9.62 Å². The van der Waals surface area contributed by atoms with E-state index in [1.807, 2.05) is 19.9 Å². The van der Waals surface area contributed by atoms with Gasteiger partial charge in [-0.1, -0.05) is 32.0 Å². The molecule has 0 aliphatic heterocycles. The SMILES string of the molecule is CCN(CC)S(=O)(=O)c1ccc(CNC(=O)c2ccccc2)s1. The topological polar surface area (TPSA) is 66.5 Å². The van der Waals surface area contributed by atoms with Crippen LogP contribution in [0, 0.1) is 0 Å². The molecular formula is C16H20N2O3S2. The normalized spacial score (nSPS) is 11.6. The standard InChI is InChI=1S/C16H20N2O3S2/c1-3-18(4-2)23(20,21)15-11-10-14(22-15)12-17-16(19)13-8-6-5-7-9-13/h5-11H,3-4,12H2,1-2H3,(H,17,19). The van der Waals surface area contributed by atoms with Gasteiger partial charge in [0.25, 0.3) is 15.9 Å². The summed E-state index contributed by atoms with van der Waals surface area (Å²) in [5, 5.41) is 2.80. The molecule has 0 atom stereocenters. The van der Waals surface area contributed by atoms with Gasteiger partial charge < -0.3 is 5.32 Å². The molecule has 0 aliphatic carbocycles. The molecule has 1 heterocycles. The first-order chi connectivity index (χ1) is 11.0. The van der Waals surface area contributed by atoms with Gasteiger partial charge in [-0.25, -0.2) is 8.42 Å². The monoisotopic (exact) mass is 352 g/mol. The Balaban J connectivity index is 2.04. The number of thiophene rings is 1. The lowest BCUT2D eigenvalue weighted by Crippen LogP contribution is -2.29. The number of rotatable bonds is 7. The summed E-state index contributed by atoms with van der Waals surface area (Å²) in [6.45, 7) is 4.82. The first-order valence-electron chi connectivity index (χ1n) is 7.41. The highest BCUT2D eigenvalue weighted by atomic mass is 32.2. The molecule has 1 N–H and O–H groups in total. The van der Waals surface area contributed by atoms with E-state index in [9.17, 15) is 13.2 Å². The smallest absolute Gasteiger partial charge is 0.252 e. The van der Waals surface area contributed by atoms with E-state index in [1.165, 1.54) is 15.6 Å². The van der Waals surface area contributed by atoms with Crippen LogP contribution in [0.4, 0.5) is 0 Å². The molecule has 0 saturated carbocycles. The van der Waals surface area contributed by atoms with Gasteiger partial charge in [-0.3, -0.25) is 4.79 Å². The molecule has 0 spiro atoms. The molecule has 5 nitrogen and oxygen atoms in total. The minimum Gasteiger partial charge on any atom is -0.347 e. The summed E-state index contributed by atoms with van der Waals surface area (Å²) in [6, 6.07) is 12.3. The summed E-state index contributed by atoms with van der Waals surface area (Å²) in [7, 11) is -3.43. The van der Waals surface area contributed by atoms with Gasteiger partial charge in [0.2, 0.25) is 0 Å². The molecule has 0 bridgehead atoms. The van der Waals surface area contributed by atoms with E-state index >= 15 is 0 Å². The second-order valence-electron chi connectivity index (χ2n) is 4.86. The predicted molar refractivity (Wildman–Crippen MR) is 92.0 cm³/mol. The number of nitrogens with zero attached hydrogens (tertiary/aromatic N) is 1. The van der Waals surface area contributed by atoms with Gasteiger partial charge in [-0.05, 0) is 24.3 Å². The number of benzene rings is 1. The average molecular weight is 352 g/mol. The maximum Gasteiger partial charge on any atom is 0.252 e. The Hall–Kier alpha value is -1.70. The number of carbonyl (C=O) groups excluding carboxylic acids is 1. The van der Waals surface area contributed by atoms with Crippen LogP contribution in [-0.4, -0.2) is 31.7 Å². The molecule has 2 aromatic rings. The van der Waals surface area contributed by atoms with Crippen molar-refractivity contribution >= 4 is 27.3 Å². The second kappa shape index (κ2) is 7.72. The third-order valence-electron chi connectivity index (χ3n) is 3.40. The Morgan fingerprint density at radius 3 is 2.35 bits per heavy atom. The molecular weight excluding hydrogens is 332 g/mol. The quantitative estimate of drug-likeness (QED) is 0.833. The summed E-state index contributed by atoms with van der Waals surface area (Å²) < 4.78 is 26.6. The zero-order valence-electron chi connectivity index (χ0n) is 13.2. The summed E-state index contributed by atoms with van der Waals surface area (Å²) in [4.78, 5) is 12.8. The van der Waals surface area contributed by atoms with E-state index in [4.69, 9.17) is 0 Å². The molecule has 2 rings (SSSR count). The van der Waals surface area contributed by atoms with Crippen LogP contribution in [0.3, 0.4) is 0 Å². The highest BCUT2D eigenvalue weighted by Gasteiger charge is 2.23. The fourth-order valence-electron chi connectivity index (χ4n) is 2.14. The van der Waals surface area contributed by atoms with E-state index in [2.05, 4.69) is 5.32 Å². The van der Waals surface area contributed by atoms with Crippen LogP contribution >= 0.6 is 11.3 Å². The van der Waals surface area contributed by atoms with Crippen LogP contribution in [0.1, 0.15) is 29.1 Å². The van der Waals surface area contributed by atoms with E-state index in [1.54, 1.807) is 36.4 Å². The van der Waals surface area contributed by atoms with E-state index < -0.39 is 10.0 Å². The van der Waals surface area contributed by atoms with Crippen molar-refractivity contribution in [3.05, 3.63) is 52.9 Å². The van der Waals surface area contributed by atoms with E-state index in [-0.39, 0.29) is 5.91 Å². The number of carbonyl (C=O) groups is 1. The highest BCUT2D eigenvalue weighted by Crippen LogP contribution is 2.24. The summed E-state index contributed by atoms with van der Waals surface area (Å²) in [5.41, 5.74) is 0.583. The molecule has 0 aliphatic rings. The first-order valence-corrected chi connectivity index (χ1v) is 9.66. The molecule has 23 heavy (non-hydrogen) atoms. The van der Waals surface area contributed by atoms with Crippen molar-refractivity contribution in [1.29, 1.82) is 0 Å². The maximum absolute atomic E-state index is 12.4. The van der Waals surface area contributed by atoms with Crippen LogP contribution in [0.25, 0.3) is 0 Å². The molecule has 0 radical (unpaired) electrons. The number of sulfonamides is 1. The summed E-state index contributed by atoms with van der Waals surface area (Å²) >= 11 is 1.19. The van der Waals surface area contributed by atoms with Gasteiger partial charge in [0.1, 0.15) is 4.21 Å². The Kier molecular flexibility index (Phi) is 5.92. The van der Waals surface area contributed by atoms with Crippen molar-refractivity contribution in [2.45, 2.75) is 24.6 Å². The molecule has 0 saturated heterocycles. The number of nitrogens with one attached hydrogen (secondary N) is 1. The van der Waals surface area contributed by atoms with Crippen LogP contribution in [0.15, 0.2) is 46.7 Å². The lowest BCUT2D eigenvalue weighted by molar-refractivity contribution is 0.0951. The Morgan fingerprint density at radius 1 is 1.09 bits per heavy atom. The van der Waals surface area contributed by atoms with E-state index in [0.717, 1.165) is 4.88 Å². The summed E-state index contributed by atoms with van der Waals surface area (Å²) in [6.07, 6.45) is 0. The number of hydrogen-bond acceptors (Lipinski definition) is 4. The third-order valence-corrected chi connectivity index (χ3v) is 7.00. The molecule has 0 fully saturated rings. The lowest BCUT2D eigenvalue weighted by Gasteiger charge is -2.16. The number of hydrogen-bond donors (Lipinski definition) is 1. The Bertz CT molecular complexity index is 751. The van der Waals surface area contributed by atoms with Crippen molar-refractivity contribution in [3.8, 4) is 0 Å². The van der Waals surface area contributed by atoms with Crippen LogP contribution in [0.5, 0.6) is 0 Å². The summed E-state index contributed by atoms with van der Waals surface area (Å²) in [5.74, 6) is -0.174. The van der Waals surface area contributed by atoms with Crippen LogP contribution in [-0.2, 0) is 16.6 Å². The van der Waals surface area contributed by atoms with Crippen LogP contribution in [0.2, 0.25) is 0 Å². The highest BCUT2D eigenvalue weighted by molar-refractivity contribution is 7.91. The molecule has 1 aromatic heterocycles. The van der Waals surface area contributed by atoms with Crippen molar-refractivity contribution in [2.24, 2.45) is 0 Å². The van der Waals surface area contributed by atoms with Gasteiger partial charge in [-0.15, -0.1) is 11.3 Å². The van der Waals surface area contributed by atoms with Gasteiger partial charge in [0, 0.05) is 23.5 Å². The molecule has 124 valence electrons. The average Bonchev–Trinajstić information content (AvgIpc) is 3.04. The Labute approximate surface area is 141 Å². The van der Waals surface area contributed by atoms with Crippen molar-refractivity contribution < 1.29 is 13.2 Å². The Morgan fingerprint density at radius 2 is 1.74 bits per heavy atom. The van der Waals surface area contributed by atoms with Gasteiger partial charge in [0.05, 0.1) is 6.54 Å². The van der Waals surface area contributed by atoms with Gasteiger partial charge in [-0.2, -0.15) is 4.31 Å². The largest absolute Gasteiger partial charge is 0.347 e. The van der Waals surface area contributed by atoms with Crippen molar-refractivity contribution in [3.63, 3.8) is 0 Å². The number of amides is 1. The van der Waals surface area contributed by atoms with Gasteiger partial charge >= 0.3 is 0 Å². The lowest BCUT2D eigenvalue weighted by atomic mass is 10.2. The fourth-order valence-corrected chi connectivity index (χ4v) is 5.05. The third kappa shape index (κ3) is 4.19. The molecule has 7 heteroatoms. The molecule has 0 unspecified atom stereocenters. The second-order valence-corrected chi connectivity index (χ2v) is 8.19. The molecule has 1 aromatic carbocycles. The fraction of sp³-hybridized carbons (Fsp3) is 0.312. The minimum atomic E-state index is -3.43. The zero-order valence-corrected chi connectivity index (χ0v) is 14.8. The van der Waals surface area contributed by atoms with Crippen LogP contribution < -0.4 is 5.32 Å². The maximum atomic E-state index is 12.4. The minimum absolute atomic E-state index is 0.174. The van der Waals surface area contributed by atoms with Gasteiger partial charge in [0.15, 0.2) is 0 Å². The first kappa shape index (κ1) is 17.7. The van der Waals surface area contributed by atoms with Crippen molar-refractivity contribution in [2.75, 3.05) is 13.1 Å². The zero-order chi connectivity index (χ0) is 16.9. The molecule has 1 amide bonds. The predicted octanol–water partition coefficient (Wildman–Crippen LogP) is 2.71. The van der Waals surface area contributed by atoms with E-state index in [0.29, 0.717) is 29.4 Å².